The van der Waals surface area contributed by atoms with Crippen LogP contribution in [0.25, 0.3) is 0 Å². The highest BCUT2D eigenvalue weighted by molar-refractivity contribution is 6.35. The standard InChI is InChI=1S/C21H26N2O5/c1-15(17-9-10-18(27-2)19(13-17)28-3)22-20(25)21(26)23(11-12-24)14-16-7-5-4-6-8-16/h4-10,13,15,24H,11-12,14H2,1-3H3,(H,22,25). The summed E-state index contributed by atoms with van der Waals surface area (Å²) in [6.45, 7) is 1.88. The number of ether oxygens (including phenoxy) is 2. The summed E-state index contributed by atoms with van der Waals surface area (Å²) in [5.41, 5.74) is 1.65. The Hall–Kier alpha value is -3.06. The van der Waals surface area contributed by atoms with Crippen LogP contribution >= 0.6 is 0 Å². The highest BCUT2D eigenvalue weighted by Gasteiger charge is 2.23. The van der Waals surface area contributed by atoms with Gasteiger partial charge in [-0.3, -0.25) is 9.59 Å². The van der Waals surface area contributed by atoms with Gasteiger partial charge in [-0.2, -0.15) is 0 Å². The molecule has 2 rings (SSSR count). The van der Waals surface area contributed by atoms with E-state index in [0.717, 1.165) is 11.1 Å². The molecule has 0 radical (unpaired) electrons. The van der Waals surface area contributed by atoms with Crippen LogP contribution in [0.4, 0.5) is 0 Å². The van der Waals surface area contributed by atoms with Gasteiger partial charge in [0.25, 0.3) is 0 Å². The highest BCUT2D eigenvalue weighted by atomic mass is 16.5. The topological polar surface area (TPSA) is 88.1 Å². The summed E-state index contributed by atoms with van der Waals surface area (Å²) in [6, 6.07) is 14.2. The molecule has 0 aliphatic rings. The Morgan fingerprint density at radius 2 is 1.75 bits per heavy atom. The van der Waals surface area contributed by atoms with Crippen molar-refractivity contribution in [2.45, 2.75) is 19.5 Å². The Bertz CT molecular complexity index is 795. The van der Waals surface area contributed by atoms with Gasteiger partial charge in [-0.05, 0) is 30.2 Å². The van der Waals surface area contributed by atoms with Crippen LogP contribution in [0.15, 0.2) is 48.5 Å². The third-order valence-electron chi connectivity index (χ3n) is 4.32. The Kier molecular flexibility index (Phi) is 7.83. The van der Waals surface area contributed by atoms with Crippen LogP contribution in [0.5, 0.6) is 11.5 Å². The molecule has 2 amide bonds. The van der Waals surface area contributed by atoms with Crippen LogP contribution in [-0.2, 0) is 16.1 Å². The van der Waals surface area contributed by atoms with E-state index < -0.39 is 17.9 Å². The molecule has 0 heterocycles. The number of aliphatic hydroxyl groups excluding tert-OH is 1. The minimum atomic E-state index is -0.730. The first-order chi connectivity index (χ1) is 13.5. The van der Waals surface area contributed by atoms with E-state index in [1.807, 2.05) is 30.3 Å². The van der Waals surface area contributed by atoms with Crippen LogP contribution < -0.4 is 14.8 Å². The van der Waals surface area contributed by atoms with Gasteiger partial charge >= 0.3 is 11.8 Å². The molecule has 1 atom stereocenters. The fourth-order valence-electron chi connectivity index (χ4n) is 2.78. The molecule has 0 saturated carbocycles. The number of aliphatic hydroxyl groups is 1. The van der Waals surface area contributed by atoms with Crippen molar-refractivity contribution in [1.82, 2.24) is 10.2 Å². The maximum Gasteiger partial charge on any atom is 0.312 e. The molecule has 28 heavy (non-hydrogen) atoms. The van der Waals surface area contributed by atoms with Crippen molar-refractivity contribution in [3.05, 3.63) is 59.7 Å². The molecule has 0 bridgehead atoms. The Labute approximate surface area is 164 Å². The van der Waals surface area contributed by atoms with Gasteiger partial charge in [-0.1, -0.05) is 36.4 Å². The SMILES string of the molecule is COc1ccc(C(C)NC(=O)C(=O)N(CCO)Cc2ccccc2)cc1OC. The van der Waals surface area contributed by atoms with Crippen molar-refractivity contribution in [3.8, 4) is 11.5 Å². The molecule has 0 aliphatic carbocycles. The van der Waals surface area contributed by atoms with E-state index in [2.05, 4.69) is 5.32 Å². The lowest BCUT2D eigenvalue weighted by atomic mass is 10.1. The molecule has 7 heteroatoms. The number of amides is 2. The number of nitrogens with zero attached hydrogens (tertiary/aromatic N) is 1. The van der Waals surface area contributed by atoms with Crippen LogP contribution in [0.3, 0.4) is 0 Å². The van der Waals surface area contributed by atoms with Gasteiger partial charge < -0.3 is 24.8 Å². The van der Waals surface area contributed by atoms with E-state index in [1.165, 1.54) is 12.0 Å². The van der Waals surface area contributed by atoms with Gasteiger partial charge in [0, 0.05) is 13.1 Å². The van der Waals surface area contributed by atoms with E-state index >= 15 is 0 Å². The Balaban J connectivity index is 2.07. The Morgan fingerprint density at radius 1 is 1.07 bits per heavy atom. The number of nitrogens with one attached hydrogen (secondary N) is 1. The summed E-state index contributed by atoms with van der Waals surface area (Å²) in [6.07, 6.45) is 0. The average molecular weight is 386 g/mol. The summed E-state index contributed by atoms with van der Waals surface area (Å²) < 4.78 is 10.5. The molecule has 0 spiro atoms. The number of rotatable bonds is 8. The molecule has 2 aromatic carbocycles. The quantitative estimate of drug-likeness (QED) is 0.677. The van der Waals surface area contributed by atoms with E-state index in [1.54, 1.807) is 32.2 Å². The van der Waals surface area contributed by atoms with Crippen molar-refractivity contribution in [1.29, 1.82) is 0 Å². The average Bonchev–Trinajstić information content (AvgIpc) is 2.72. The van der Waals surface area contributed by atoms with Crippen LogP contribution in [0.1, 0.15) is 24.1 Å². The number of hydrogen-bond acceptors (Lipinski definition) is 5. The predicted molar refractivity (Wildman–Crippen MR) is 105 cm³/mol. The molecule has 1 unspecified atom stereocenters. The molecule has 2 aromatic rings. The summed E-state index contributed by atoms with van der Waals surface area (Å²) in [7, 11) is 3.08. The molecule has 2 N–H and O–H groups in total. The molecule has 0 fully saturated rings. The van der Waals surface area contributed by atoms with Gasteiger partial charge in [-0.15, -0.1) is 0 Å². The minimum absolute atomic E-state index is 0.0753. The second-order valence-corrected chi connectivity index (χ2v) is 6.25. The number of carbonyl (C=O) groups excluding carboxylic acids is 2. The van der Waals surface area contributed by atoms with Gasteiger partial charge in [0.2, 0.25) is 0 Å². The largest absolute Gasteiger partial charge is 0.493 e. The monoisotopic (exact) mass is 386 g/mol. The van der Waals surface area contributed by atoms with Crippen molar-refractivity contribution >= 4 is 11.8 Å². The maximum atomic E-state index is 12.6. The third kappa shape index (κ3) is 5.47. The fourth-order valence-corrected chi connectivity index (χ4v) is 2.78. The van der Waals surface area contributed by atoms with Crippen LogP contribution in [-0.4, -0.2) is 49.2 Å². The van der Waals surface area contributed by atoms with Gasteiger partial charge in [0.1, 0.15) is 0 Å². The first-order valence-corrected chi connectivity index (χ1v) is 8.96. The molecule has 0 aliphatic heterocycles. The molecule has 0 saturated heterocycles. The summed E-state index contributed by atoms with van der Waals surface area (Å²) in [5, 5.41) is 12.0. The van der Waals surface area contributed by atoms with Gasteiger partial charge in [0.15, 0.2) is 11.5 Å². The molecular weight excluding hydrogens is 360 g/mol. The van der Waals surface area contributed by atoms with E-state index in [-0.39, 0.29) is 19.7 Å². The lowest BCUT2D eigenvalue weighted by molar-refractivity contribution is -0.147. The van der Waals surface area contributed by atoms with Crippen molar-refractivity contribution in [2.24, 2.45) is 0 Å². The van der Waals surface area contributed by atoms with E-state index in [0.29, 0.717) is 11.5 Å². The molecule has 0 aromatic heterocycles. The molecular formula is C21H26N2O5. The number of hydrogen-bond donors (Lipinski definition) is 2. The molecule has 7 nitrogen and oxygen atoms in total. The second kappa shape index (κ2) is 10.3. The first kappa shape index (κ1) is 21.2. The Morgan fingerprint density at radius 3 is 2.36 bits per heavy atom. The summed E-state index contributed by atoms with van der Waals surface area (Å²) in [5.74, 6) is -0.298. The first-order valence-electron chi connectivity index (χ1n) is 8.96. The lowest BCUT2D eigenvalue weighted by Gasteiger charge is -2.23. The zero-order valence-corrected chi connectivity index (χ0v) is 16.3. The minimum Gasteiger partial charge on any atom is -0.493 e. The summed E-state index contributed by atoms with van der Waals surface area (Å²) in [4.78, 5) is 26.4. The summed E-state index contributed by atoms with van der Waals surface area (Å²) >= 11 is 0. The van der Waals surface area contributed by atoms with Crippen molar-refractivity contribution in [3.63, 3.8) is 0 Å². The van der Waals surface area contributed by atoms with E-state index in [9.17, 15) is 14.7 Å². The fraction of sp³-hybridized carbons (Fsp3) is 0.333. The van der Waals surface area contributed by atoms with Gasteiger partial charge in [0.05, 0.1) is 26.9 Å². The van der Waals surface area contributed by atoms with E-state index in [4.69, 9.17) is 9.47 Å². The number of benzene rings is 2. The van der Waals surface area contributed by atoms with Crippen molar-refractivity contribution < 1.29 is 24.2 Å². The number of methoxy groups -OCH3 is 2. The second-order valence-electron chi connectivity index (χ2n) is 6.25. The highest BCUT2D eigenvalue weighted by Crippen LogP contribution is 2.29. The molecule has 150 valence electrons. The van der Waals surface area contributed by atoms with Crippen LogP contribution in [0, 0.1) is 0 Å². The normalized spacial score (nSPS) is 11.4. The predicted octanol–water partition coefficient (Wildman–Crippen LogP) is 1.90. The van der Waals surface area contributed by atoms with Crippen molar-refractivity contribution in [2.75, 3.05) is 27.4 Å². The zero-order chi connectivity index (χ0) is 20.5. The lowest BCUT2D eigenvalue weighted by Crippen LogP contribution is -2.44. The smallest absolute Gasteiger partial charge is 0.312 e. The third-order valence-corrected chi connectivity index (χ3v) is 4.32. The van der Waals surface area contributed by atoms with Crippen LogP contribution in [0.2, 0.25) is 0 Å². The number of carbonyl (C=O) groups is 2. The maximum absolute atomic E-state index is 12.6. The van der Waals surface area contributed by atoms with Gasteiger partial charge in [-0.25, -0.2) is 0 Å². The zero-order valence-electron chi connectivity index (χ0n) is 16.3.